The molecule has 7 nitrogen and oxygen atoms in total. The number of carbonyl (C=O) groups is 1. The maximum Gasteiger partial charge on any atom is 0.338 e. The smallest absolute Gasteiger partial charge is 0.338 e. The second-order valence-electron chi connectivity index (χ2n) is 5.14. The van der Waals surface area contributed by atoms with Gasteiger partial charge in [-0.2, -0.15) is 0 Å². The minimum atomic E-state index is -0.333. The molecule has 0 atom stereocenters. The molecule has 0 unspecified atom stereocenters. The average molecular weight is 338 g/mol. The van der Waals surface area contributed by atoms with Crippen molar-refractivity contribution in [2.45, 2.75) is 13.5 Å². The molecule has 2 aromatic heterocycles. The van der Waals surface area contributed by atoms with Crippen LogP contribution in [0.2, 0.25) is 0 Å². The van der Waals surface area contributed by atoms with E-state index in [0.29, 0.717) is 30.4 Å². The third-order valence-corrected chi connectivity index (χ3v) is 3.36. The van der Waals surface area contributed by atoms with Crippen LogP contribution in [0.1, 0.15) is 23.0 Å². The average Bonchev–Trinajstić information content (AvgIpc) is 3.15. The van der Waals surface area contributed by atoms with Crippen molar-refractivity contribution in [2.75, 3.05) is 17.2 Å². The molecule has 2 heterocycles. The lowest BCUT2D eigenvalue weighted by Gasteiger charge is -2.08. The van der Waals surface area contributed by atoms with Gasteiger partial charge in [0.15, 0.2) is 0 Å². The van der Waals surface area contributed by atoms with Gasteiger partial charge in [0.1, 0.15) is 23.7 Å². The van der Waals surface area contributed by atoms with Crippen LogP contribution in [-0.4, -0.2) is 22.5 Å². The fourth-order valence-corrected chi connectivity index (χ4v) is 2.17. The van der Waals surface area contributed by atoms with Crippen molar-refractivity contribution in [1.29, 1.82) is 0 Å². The quantitative estimate of drug-likeness (QED) is 0.636. The molecule has 25 heavy (non-hydrogen) atoms. The summed E-state index contributed by atoms with van der Waals surface area (Å²) in [6, 6.07) is 12.5. The highest BCUT2D eigenvalue weighted by atomic mass is 16.5. The third kappa shape index (κ3) is 4.57. The van der Waals surface area contributed by atoms with Crippen LogP contribution in [0.15, 0.2) is 59.5 Å². The number of anilines is 3. The predicted molar refractivity (Wildman–Crippen MR) is 93.7 cm³/mol. The summed E-state index contributed by atoms with van der Waals surface area (Å²) in [6.45, 7) is 2.67. The van der Waals surface area contributed by atoms with Crippen molar-refractivity contribution in [3.8, 4) is 0 Å². The zero-order valence-corrected chi connectivity index (χ0v) is 13.7. The molecule has 0 saturated carbocycles. The fraction of sp³-hybridized carbons (Fsp3) is 0.167. The van der Waals surface area contributed by atoms with Gasteiger partial charge >= 0.3 is 5.97 Å². The topological polar surface area (TPSA) is 89.3 Å². The number of hydrogen-bond donors (Lipinski definition) is 2. The second-order valence-corrected chi connectivity index (χ2v) is 5.14. The second kappa shape index (κ2) is 7.96. The monoisotopic (exact) mass is 338 g/mol. The first-order valence-electron chi connectivity index (χ1n) is 7.87. The van der Waals surface area contributed by atoms with E-state index in [-0.39, 0.29) is 5.97 Å². The Morgan fingerprint density at radius 2 is 1.96 bits per heavy atom. The first-order valence-corrected chi connectivity index (χ1v) is 7.87. The van der Waals surface area contributed by atoms with Crippen molar-refractivity contribution in [3.05, 3.63) is 66.4 Å². The van der Waals surface area contributed by atoms with Gasteiger partial charge in [0.2, 0.25) is 0 Å². The van der Waals surface area contributed by atoms with Crippen molar-refractivity contribution >= 4 is 23.3 Å². The van der Waals surface area contributed by atoms with Crippen LogP contribution in [0, 0.1) is 0 Å². The van der Waals surface area contributed by atoms with Gasteiger partial charge in [-0.1, -0.05) is 0 Å². The maximum atomic E-state index is 11.6. The third-order valence-electron chi connectivity index (χ3n) is 3.36. The Bertz CT molecular complexity index is 817. The van der Waals surface area contributed by atoms with Crippen LogP contribution in [-0.2, 0) is 11.3 Å². The summed E-state index contributed by atoms with van der Waals surface area (Å²) in [5.74, 6) is 1.81. The van der Waals surface area contributed by atoms with Gasteiger partial charge in [-0.3, -0.25) is 0 Å². The van der Waals surface area contributed by atoms with Crippen LogP contribution < -0.4 is 10.6 Å². The van der Waals surface area contributed by atoms with E-state index in [0.717, 1.165) is 11.4 Å². The number of ether oxygens (including phenoxy) is 1. The number of furan rings is 1. The normalized spacial score (nSPS) is 10.3. The number of esters is 1. The van der Waals surface area contributed by atoms with E-state index in [4.69, 9.17) is 9.15 Å². The predicted octanol–water partition coefficient (Wildman–Crippen LogP) is 3.60. The van der Waals surface area contributed by atoms with Crippen molar-refractivity contribution in [1.82, 2.24) is 9.97 Å². The summed E-state index contributed by atoms with van der Waals surface area (Å²) in [4.78, 5) is 20.0. The van der Waals surface area contributed by atoms with Gasteiger partial charge in [-0.15, -0.1) is 0 Å². The number of nitrogens with one attached hydrogen (secondary N) is 2. The molecule has 128 valence electrons. The van der Waals surface area contributed by atoms with Crippen molar-refractivity contribution < 1.29 is 13.9 Å². The molecule has 0 bridgehead atoms. The van der Waals surface area contributed by atoms with Crippen LogP contribution in [0.5, 0.6) is 0 Å². The summed E-state index contributed by atoms with van der Waals surface area (Å²) >= 11 is 0. The first kappa shape index (κ1) is 16.5. The van der Waals surface area contributed by atoms with Gasteiger partial charge < -0.3 is 19.8 Å². The van der Waals surface area contributed by atoms with Gasteiger partial charge in [0, 0.05) is 11.8 Å². The molecule has 0 spiro atoms. The molecule has 0 aliphatic rings. The lowest BCUT2D eigenvalue weighted by atomic mass is 10.2. The Morgan fingerprint density at radius 1 is 1.16 bits per heavy atom. The first-order chi connectivity index (χ1) is 12.2. The van der Waals surface area contributed by atoms with Crippen LogP contribution in [0.4, 0.5) is 17.3 Å². The van der Waals surface area contributed by atoms with E-state index >= 15 is 0 Å². The number of nitrogens with zero attached hydrogens (tertiary/aromatic N) is 2. The van der Waals surface area contributed by atoms with Gasteiger partial charge in [0.25, 0.3) is 0 Å². The largest absolute Gasteiger partial charge is 0.467 e. The number of rotatable bonds is 7. The van der Waals surface area contributed by atoms with Crippen LogP contribution in [0.3, 0.4) is 0 Å². The van der Waals surface area contributed by atoms with E-state index in [1.54, 1.807) is 43.5 Å². The van der Waals surface area contributed by atoms with E-state index in [2.05, 4.69) is 20.6 Å². The summed E-state index contributed by atoms with van der Waals surface area (Å²) in [6.07, 6.45) is 3.10. The number of hydrogen-bond acceptors (Lipinski definition) is 7. The summed E-state index contributed by atoms with van der Waals surface area (Å²) in [7, 11) is 0. The summed E-state index contributed by atoms with van der Waals surface area (Å²) in [5, 5.41) is 6.33. The highest BCUT2D eigenvalue weighted by Crippen LogP contribution is 2.18. The molecule has 0 saturated heterocycles. The van der Waals surface area contributed by atoms with Gasteiger partial charge in [-0.05, 0) is 43.3 Å². The van der Waals surface area contributed by atoms with E-state index in [9.17, 15) is 4.79 Å². The molecule has 2 N–H and O–H groups in total. The molecule has 0 aliphatic carbocycles. The Morgan fingerprint density at radius 3 is 2.68 bits per heavy atom. The number of carbonyl (C=O) groups excluding carboxylic acids is 1. The van der Waals surface area contributed by atoms with E-state index in [1.165, 1.54) is 6.33 Å². The molecule has 0 radical (unpaired) electrons. The molecule has 7 heteroatoms. The molecular weight excluding hydrogens is 320 g/mol. The molecular formula is C18H18N4O3. The van der Waals surface area contributed by atoms with Gasteiger partial charge in [0.05, 0.1) is 25.0 Å². The minimum Gasteiger partial charge on any atom is -0.467 e. The van der Waals surface area contributed by atoms with Gasteiger partial charge in [-0.25, -0.2) is 14.8 Å². The molecule has 3 rings (SSSR count). The maximum absolute atomic E-state index is 11.6. The van der Waals surface area contributed by atoms with E-state index < -0.39 is 0 Å². The minimum absolute atomic E-state index is 0.333. The number of benzene rings is 1. The SMILES string of the molecule is CCOC(=O)c1ccc(Nc2cc(NCc3ccco3)ncn2)cc1. The van der Waals surface area contributed by atoms with Crippen LogP contribution >= 0.6 is 0 Å². The molecule has 0 fully saturated rings. The Kier molecular flexibility index (Phi) is 5.26. The molecule has 1 aromatic carbocycles. The van der Waals surface area contributed by atoms with Crippen molar-refractivity contribution in [2.24, 2.45) is 0 Å². The number of aromatic nitrogens is 2. The summed E-state index contributed by atoms with van der Waals surface area (Å²) in [5.41, 5.74) is 1.32. The lowest BCUT2D eigenvalue weighted by Crippen LogP contribution is -2.05. The van der Waals surface area contributed by atoms with Crippen molar-refractivity contribution in [3.63, 3.8) is 0 Å². The Balaban J connectivity index is 1.62. The molecule has 0 amide bonds. The fourth-order valence-electron chi connectivity index (χ4n) is 2.17. The highest BCUT2D eigenvalue weighted by Gasteiger charge is 2.06. The van der Waals surface area contributed by atoms with Crippen LogP contribution in [0.25, 0.3) is 0 Å². The standard InChI is InChI=1S/C18H18N4O3/c1-2-24-18(23)13-5-7-14(8-6-13)22-17-10-16(20-12-21-17)19-11-15-4-3-9-25-15/h3-10,12H,2,11H2,1H3,(H2,19,20,21,22). The highest BCUT2D eigenvalue weighted by molar-refractivity contribution is 5.89. The van der Waals surface area contributed by atoms with E-state index in [1.807, 2.05) is 12.1 Å². The zero-order valence-electron chi connectivity index (χ0n) is 13.7. The Hall–Kier alpha value is -3.35. The zero-order chi connectivity index (χ0) is 17.5. The molecule has 0 aliphatic heterocycles. The summed E-state index contributed by atoms with van der Waals surface area (Å²) < 4.78 is 10.2. The molecule has 3 aromatic rings. The lowest BCUT2D eigenvalue weighted by molar-refractivity contribution is 0.0526. The Labute approximate surface area is 145 Å².